The number of para-hydroxylation sites is 2. The molecule has 4 rings (SSSR count). The summed E-state index contributed by atoms with van der Waals surface area (Å²) in [6.45, 7) is 5.53. The van der Waals surface area contributed by atoms with Gasteiger partial charge >= 0.3 is 0 Å². The Hall–Kier alpha value is -2.77. The topological polar surface area (TPSA) is 144 Å². The number of aliphatic hydroxyl groups excluding tert-OH is 4. The summed E-state index contributed by atoms with van der Waals surface area (Å²) in [4.78, 5) is 17.2. The molecule has 0 fully saturated rings. The average Bonchev–Trinajstić information content (AvgIpc) is 2.94. The molecule has 0 radical (unpaired) electrons. The van der Waals surface area contributed by atoms with Crippen LogP contribution < -0.4 is 16.0 Å². The van der Waals surface area contributed by atoms with Crippen LogP contribution in [0.1, 0.15) is 62.6 Å². The summed E-state index contributed by atoms with van der Waals surface area (Å²) in [7, 11) is 0. The number of anilines is 2. The summed E-state index contributed by atoms with van der Waals surface area (Å²) >= 11 is 0. The molecule has 0 aliphatic carbocycles. The van der Waals surface area contributed by atoms with E-state index in [1.807, 2.05) is 53.4 Å². The van der Waals surface area contributed by atoms with E-state index in [1.165, 1.54) is 0 Å². The standard InChI is InChI=1S/C29H44N6O5/c1-21(36)33(18-10-20-35-27(38)23-12-3-5-14-25(23)32-29(35)40)17-8-6-15-30-16-7-9-19-34-26(37)22-11-2-4-13-24(22)31-28(34)39/h2-5,11-14,26-32,37-40H,6-10,15-20H2,1H3. The lowest BCUT2D eigenvalue weighted by atomic mass is 10.1. The third-order valence-electron chi connectivity index (χ3n) is 7.64. The number of hydrogen-bond donors (Lipinski definition) is 7. The van der Waals surface area contributed by atoms with Crippen LogP contribution in [0.3, 0.4) is 0 Å². The molecule has 0 saturated carbocycles. The minimum atomic E-state index is -0.981. The van der Waals surface area contributed by atoms with Gasteiger partial charge < -0.3 is 41.3 Å². The Labute approximate surface area is 236 Å². The van der Waals surface area contributed by atoms with Gasteiger partial charge in [0.2, 0.25) is 5.91 Å². The number of rotatable bonds is 14. The van der Waals surface area contributed by atoms with Gasteiger partial charge in [-0.1, -0.05) is 36.4 Å². The molecule has 2 aliphatic rings. The summed E-state index contributed by atoms with van der Waals surface area (Å²) < 4.78 is 0. The van der Waals surface area contributed by atoms with Crippen LogP contribution in [0.2, 0.25) is 0 Å². The number of nitrogens with zero attached hydrogens (tertiary/aromatic N) is 3. The van der Waals surface area contributed by atoms with E-state index in [0.29, 0.717) is 32.6 Å². The number of unbranched alkanes of at least 4 members (excludes halogenated alkanes) is 2. The Morgan fingerprint density at radius 3 is 1.77 bits per heavy atom. The third-order valence-corrected chi connectivity index (χ3v) is 7.64. The zero-order valence-electron chi connectivity index (χ0n) is 23.2. The molecule has 2 aromatic carbocycles. The largest absolute Gasteiger partial charge is 0.374 e. The number of benzene rings is 2. The first-order chi connectivity index (χ1) is 19.4. The van der Waals surface area contributed by atoms with Crippen molar-refractivity contribution in [1.29, 1.82) is 0 Å². The Balaban J connectivity index is 1.06. The average molecular weight is 557 g/mol. The summed E-state index contributed by atoms with van der Waals surface area (Å²) in [6.07, 6.45) is 0.606. The van der Waals surface area contributed by atoms with Gasteiger partial charge in [0.1, 0.15) is 12.5 Å². The number of fused-ring (bicyclic) bond motifs is 2. The minimum absolute atomic E-state index is 0.0235. The van der Waals surface area contributed by atoms with Crippen molar-refractivity contribution in [3.05, 3.63) is 59.7 Å². The van der Waals surface area contributed by atoms with E-state index >= 15 is 0 Å². The van der Waals surface area contributed by atoms with E-state index in [2.05, 4.69) is 16.0 Å². The molecule has 4 unspecified atom stereocenters. The first-order valence-electron chi connectivity index (χ1n) is 14.3. The van der Waals surface area contributed by atoms with Crippen LogP contribution in [0.15, 0.2) is 48.5 Å². The molecule has 2 heterocycles. The van der Waals surface area contributed by atoms with Crippen LogP contribution in [-0.2, 0) is 4.79 Å². The summed E-state index contributed by atoms with van der Waals surface area (Å²) in [5.74, 6) is 0.0235. The quantitative estimate of drug-likeness (QED) is 0.172. The van der Waals surface area contributed by atoms with Gasteiger partial charge in [0.05, 0.1) is 0 Å². The monoisotopic (exact) mass is 556 g/mol. The van der Waals surface area contributed by atoms with Crippen molar-refractivity contribution in [3.63, 3.8) is 0 Å². The lowest BCUT2D eigenvalue weighted by Crippen LogP contribution is -2.48. The molecule has 4 atom stereocenters. The third kappa shape index (κ3) is 7.70. The summed E-state index contributed by atoms with van der Waals surface area (Å²) in [6, 6.07) is 14.8. The van der Waals surface area contributed by atoms with Gasteiger partial charge in [-0.05, 0) is 57.3 Å². The van der Waals surface area contributed by atoms with Crippen molar-refractivity contribution in [2.75, 3.05) is 49.9 Å². The SMILES string of the molecule is CC(=O)N(CCCCNCCCCN1C(O)Nc2ccccc2C1O)CCCN1C(O)Nc2ccccc2C1O. The molecule has 2 aliphatic heterocycles. The maximum atomic E-state index is 12.1. The van der Waals surface area contributed by atoms with Crippen LogP contribution in [0.4, 0.5) is 11.4 Å². The molecule has 2 aromatic rings. The second-order valence-corrected chi connectivity index (χ2v) is 10.5. The Morgan fingerprint density at radius 2 is 1.23 bits per heavy atom. The molecule has 0 spiro atoms. The second-order valence-electron chi connectivity index (χ2n) is 10.5. The predicted molar refractivity (Wildman–Crippen MR) is 154 cm³/mol. The zero-order chi connectivity index (χ0) is 28.5. The van der Waals surface area contributed by atoms with E-state index in [9.17, 15) is 25.2 Å². The first-order valence-corrected chi connectivity index (χ1v) is 14.3. The van der Waals surface area contributed by atoms with Crippen LogP contribution in [-0.4, -0.2) is 93.0 Å². The van der Waals surface area contributed by atoms with E-state index in [0.717, 1.165) is 61.3 Å². The molecular formula is C29H44N6O5. The van der Waals surface area contributed by atoms with Crippen LogP contribution >= 0.6 is 0 Å². The fourth-order valence-corrected chi connectivity index (χ4v) is 5.36. The smallest absolute Gasteiger partial charge is 0.219 e. The van der Waals surface area contributed by atoms with Gasteiger partial charge in [-0.15, -0.1) is 0 Å². The maximum Gasteiger partial charge on any atom is 0.219 e. The van der Waals surface area contributed by atoms with Crippen LogP contribution in [0.25, 0.3) is 0 Å². The summed E-state index contributed by atoms with van der Waals surface area (Å²) in [5.41, 5.74) is 2.98. The van der Waals surface area contributed by atoms with Crippen molar-refractivity contribution in [3.8, 4) is 0 Å². The molecule has 1 amide bonds. The number of amides is 1. The maximum absolute atomic E-state index is 12.1. The van der Waals surface area contributed by atoms with E-state index < -0.39 is 25.2 Å². The normalized spacial score (nSPS) is 22.6. The Morgan fingerprint density at radius 1 is 0.750 bits per heavy atom. The van der Waals surface area contributed by atoms with Crippen molar-refractivity contribution in [2.24, 2.45) is 0 Å². The van der Waals surface area contributed by atoms with Gasteiger partial charge in [-0.3, -0.25) is 4.79 Å². The number of carbonyl (C=O) groups is 1. The van der Waals surface area contributed by atoms with Crippen molar-refractivity contribution in [2.45, 2.75) is 64.2 Å². The van der Waals surface area contributed by atoms with Gasteiger partial charge in [-0.2, -0.15) is 0 Å². The molecule has 0 bridgehead atoms. The Kier molecular flexibility index (Phi) is 11.1. The van der Waals surface area contributed by atoms with Crippen molar-refractivity contribution in [1.82, 2.24) is 20.0 Å². The van der Waals surface area contributed by atoms with Gasteiger partial charge in [0, 0.05) is 55.6 Å². The number of carbonyl (C=O) groups excluding carboxylic acids is 1. The highest BCUT2D eigenvalue weighted by Gasteiger charge is 2.32. The highest BCUT2D eigenvalue weighted by molar-refractivity contribution is 5.73. The Bertz CT molecular complexity index is 1090. The lowest BCUT2D eigenvalue weighted by Gasteiger charge is -2.39. The molecule has 0 aromatic heterocycles. The fourth-order valence-electron chi connectivity index (χ4n) is 5.36. The molecule has 40 heavy (non-hydrogen) atoms. The zero-order valence-corrected chi connectivity index (χ0v) is 23.2. The highest BCUT2D eigenvalue weighted by atomic mass is 16.3. The van der Waals surface area contributed by atoms with E-state index in [4.69, 9.17) is 0 Å². The van der Waals surface area contributed by atoms with Crippen molar-refractivity contribution >= 4 is 17.3 Å². The lowest BCUT2D eigenvalue weighted by molar-refractivity contribution is -0.129. The summed E-state index contributed by atoms with van der Waals surface area (Å²) in [5, 5.41) is 51.5. The van der Waals surface area contributed by atoms with Crippen LogP contribution in [0.5, 0.6) is 0 Å². The number of hydrogen-bond acceptors (Lipinski definition) is 10. The second kappa shape index (κ2) is 14.7. The first kappa shape index (κ1) is 30.2. The van der Waals surface area contributed by atoms with Gasteiger partial charge in [0.25, 0.3) is 0 Å². The van der Waals surface area contributed by atoms with Gasteiger partial charge in [0.15, 0.2) is 12.7 Å². The van der Waals surface area contributed by atoms with E-state index in [1.54, 1.807) is 16.7 Å². The molecule has 7 N–H and O–H groups in total. The van der Waals surface area contributed by atoms with Crippen molar-refractivity contribution < 1.29 is 25.2 Å². The molecular weight excluding hydrogens is 512 g/mol. The molecule has 220 valence electrons. The van der Waals surface area contributed by atoms with E-state index in [-0.39, 0.29) is 5.91 Å². The fraction of sp³-hybridized carbons (Fsp3) is 0.552. The number of nitrogens with one attached hydrogen (secondary N) is 3. The molecule has 0 saturated heterocycles. The highest BCUT2D eigenvalue weighted by Crippen LogP contribution is 2.33. The van der Waals surface area contributed by atoms with Gasteiger partial charge in [-0.25, -0.2) is 9.80 Å². The minimum Gasteiger partial charge on any atom is -0.374 e. The molecule has 11 nitrogen and oxygen atoms in total. The number of aliphatic hydroxyl groups is 4. The predicted octanol–water partition coefficient (Wildman–Crippen LogP) is 1.76. The molecule has 11 heteroatoms. The van der Waals surface area contributed by atoms with Crippen LogP contribution in [0, 0.1) is 0 Å².